The van der Waals surface area contributed by atoms with Gasteiger partial charge in [0.05, 0.1) is 12.6 Å². The molecule has 2 N–H and O–H groups in total. The molecule has 1 aromatic heterocycles. The Balaban J connectivity index is 0.00000256. The minimum atomic E-state index is 0. The van der Waals surface area contributed by atoms with Crippen LogP contribution >= 0.6 is 24.0 Å². The number of rotatable bonds is 7. The molecule has 4 rings (SSSR count). The van der Waals surface area contributed by atoms with Crippen molar-refractivity contribution in [3.8, 4) is 5.75 Å². The van der Waals surface area contributed by atoms with Crippen molar-refractivity contribution in [1.82, 2.24) is 25.4 Å². The Labute approximate surface area is 194 Å². The van der Waals surface area contributed by atoms with Crippen LogP contribution in [-0.4, -0.2) is 47.1 Å². The fraction of sp³-hybridized carbons (Fsp3) is 0.571. The molecule has 1 unspecified atom stereocenters. The molecule has 3 heterocycles. The normalized spacial score (nSPS) is 18.1. The van der Waals surface area contributed by atoms with E-state index in [0.29, 0.717) is 19.7 Å². The molecule has 2 aliphatic rings. The van der Waals surface area contributed by atoms with Gasteiger partial charge in [-0.2, -0.15) is 0 Å². The topological polar surface area (TPSA) is 85.6 Å². The van der Waals surface area contributed by atoms with Gasteiger partial charge in [0.2, 0.25) is 0 Å². The van der Waals surface area contributed by atoms with E-state index >= 15 is 0 Å². The molecule has 1 fully saturated rings. The first-order valence-electron chi connectivity index (χ1n) is 10.4. The second kappa shape index (κ2) is 10.9. The average Bonchev–Trinajstić information content (AvgIpc) is 3.47. The molecule has 8 nitrogen and oxygen atoms in total. The van der Waals surface area contributed by atoms with Crippen LogP contribution in [0.5, 0.6) is 5.75 Å². The molecule has 1 aromatic carbocycles. The minimum absolute atomic E-state index is 0. The van der Waals surface area contributed by atoms with Gasteiger partial charge in [0.15, 0.2) is 11.8 Å². The van der Waals surface area contributed by atoms with Crippen molar-refractivity contribution >= 4 is 29.9 Å². The predicted octanol–water partition coefficient (Wildman–Crippen LogP) is 2.57. The number of nitrogens with one attached hydrogen (secondary N) is 2. The lowest BCUT2D eigenvalue weighted by Gasteiger charge is -2.17. The number of ether oxygens (including phenoxy) is 2. The zero-order chi connectivity index (χ0) is 20.1. The molecule has 164 valence electrons. The SMILES string of the molecule is CN=C(NCc1ccc(C)cc1OCC1CCCO1)NCc1nnc2n1CCC2.I. The number of nitrogens with zero attached hydrogens (tertiary/aromatic N) is 4. The summed E-state index contributed by atoms with van der Waals surface area (Å²) in [5, 5.41) is 15.2. The zero-order valence-corrected chi connectivity index (χ0v) is 20.0. The molecule has 2 aromatic rings. The summed E-state index contributed by atoms with van der Waals surface area (Å²) in [6.45, 7) is 5.74. The van der Waals surface area contributed by atoms with E-state index in [1.807, 2.05) is 0 Å². The van der Waals surface area contributed by atoms with Crippen molar-refractivity contribution in [2.24, 2.45) is 4.99 Å². The molecule has 0 spiro atoms. The van der Waals surface area contributed by atoms with Gasteiger partial charge < -0.3 is 24.7 Å². The van der Waals surface area contributed by atoms with Gasteiger partial charge in [-0.15, -0.1) is 34.2 Å². The van der Waals surface area contributed by atoms with E-state index in [1.54, 1.807) is 7.05 Å². The van der Waals surface area contributed by atoms with Gasteiger partial charge in [-0.1, -0.05) is 12.1 Å². The summed E-state index contributed by atoms with van der Waals surface area (Å²) >= 11 is 0. The van der Waals surface area contributed by atoms with E-state index < -0.39 is 0 Å². The number of benzene rings is 1. The molecule has 9 heteroatoms. The standard InChI is InChI=1S/C21H30N6O2.HI/c1-15-7-8-16(18(11-15)29-14-17-5-4-10-28-17)12-23-21(22-2)24-13-20-26-25-19-6-3-9-27(19)20;/h7-8,11,17H,3-6,9-10,12-14H2,1-2H3,(H2,22,23,24);1H. The van der Waals surface area contributed by atoms with E-state index in [0.717, 1.165) is 67.8 Å². The van der Waals surface area contributed by atoms with Crippen molar-refractivity contribution in [3.05, 3.63) is 41.0 Å². The number of aryl methyl sites for hydroxylation is 2. The van der Waals surface area contributed by atoms with Gasteiger partial charge in [0, 0.05) is 38.7 Å². The monoisotopic (exact) mass is 526 g/mol. The molecule has 0 amide bonds. The minimum Gasteiger partial charge on any atom is -0.491 e. The number of halogens is 1. The molecular formula is C21H31IN6O2. The van der Waals surface area contributed by atoms with Crippen LogP contribution in [0.15, 0.2) is 23.2 Å². The number of hydrogen-bond acceptors (Lipinski definition) is 5. The molecular weight excluding hydrogens is 495 g/mol. The Morgan fingerprint density at radius 1 is 1.27 bits per heavy atom. The van der Waals surface area contributed by atoms with Crippen LogP contribution in [0.4, 0.5) is 0 Å². The van der Waals surface area contributed by atoms with Crippen LogP contribution in [0.3, 0.4) is 0 Å². The van der Waals surface area contributed by atoms with Gasteiger partial charge in [0.1, 0.15) is 18.2 Å². The molecule has 1 atom stereocenters. The maximum Gasteiger partial charge on any atom is 0.191 e. The summed E-state index contributed by atoms with van der Waals surface area (Å²) < 4.78 is 14.0. The van der Waals surface area contributed by atoms with E-state index in [-0.39, 0.29) is 30.1 Å². The molecule has 0 saturated carbocycles. The number of fused-ring (bicyclic) bond motifs is 1. The van der Waals surface area contributed by atoms with Gasteiger partial charge in [-0.3, -0.25) is 4.99 Å². The highest BCUT2D eigenvalue weighted by atomic mass is 127. The Kier molecular flexibility index (Phi) is 8.32. The maximum atomic E-state index is 6.09. The van der Waals surface area contributed by atoms with E-state index in [4.69, 9.17) is 9.47 Å². The first-order valence-corrected chi connectivity index (χ1v) is 10.4. The molecule has 0 radical (unpaired) electrons. The Hall–Kier alpha value is -1.88. The maximum absolute atomic E-state index is 6.09. The molecule has 30 heavy (non-hydrogen) atoms. The summed E-state index contributed by atoms with van der Waals surface area (Å²) in [4.78, 5) is 4.33. The van der Waals surface area contributed by atoms with Crippen LogP contribution in [0.1, 0.15) is 42.0 Å². The average molecular weight is 526 g/mol. The quantitative estimate of drug-likeness (QED) is 0.328. The fourth-order valence-electron chi connectivity index (χ4n) is 3.80. The van der Waals surface area contributed by atoms with Crippen molar-refractivity contribution in [2.45, 2.75) is 58.3 Å². The summed E-state index contributed by atoms with van der Waals surface area (Å²) in [5.41, 5.74) is 2.28. The van der Waals surface area contributed by atoms with Gasteiger partial charge in [-0.25, -0.2) is 0 Å². The third-order valence-electron chi connectivity index (χ3n) is 5.44. The Morgan fingerprint density at radius 2 is 2.13 bits per heavy atom. The number of hydrogen-bond donors (Lipinski definition) is 2. The summed E-state index contributed by atoms with van der Waals surface area (Å²) in [6, 6.07) is 6.29. The van der Waals surface area contributed by atoms with Crippen LogP contribution in [0.2, 0.25) is 0 Å². The molecule has 2 aliphatic heterocycles. The lowest BCUT2D eigenvalue weighted by atomic mass is 10.1. The second-order valence-corrected chi connectivity index (χ2v) is 7.62. The molecule has 1 saturated heterocycles. The zero-order valence-electron chi connectivity index (χ0n) is 17.7. The predicted molar refractivity (Wildman–Crippen MR) is 126 cm³/mol. The highest BCUT2D eigenvalue weighted by molar-refractivity contribution is 14.0. The molecule has 0 aliphatic carbocycles. The number of aromatic nitrogens is 3. The first kappa shape index (κ1) is 22.8. The van der Waals surface area contributed by atoms with Crippen molar-refractivity contribution in [2.75, 3.05) is 20.3 Å². The van der Waals surface area contributed by atoms with Crippen LogP contribution in [-0.2, 0) is 30.8 Å². The van der Waals surface area contributed by atoms with Gasteiger partial charge in [0.25, 0.3) is 0 Å². The second-order valence-electron chi connectivity index (χ2n) is 7.62. The lowest BCUT2D eigenvalue weighted by Crippen LogP contribution is -2.37. The third-order valence-corrected chi connectivity index (χ3v) is 5.44. The van der Waals surface area contributed by atoms with Gasteiger partial charge >= 0.3 is 0 Å². The largest absolute Gasteiger partial charge is 0.491 e. The Morgan fingerprint density at radius 3 is 2.93 bits per heavy atom. The number of aliphatic imine (C=N–C) groups is 1. The van der Waals surface area contributed by atoms with Crippen LogP contribution in [0, 0.1) is 6.92 Å². The van der Waals surface area contributed by atoms with E-state index in [2.05, 4.69) is 55.5 Å². The van der Waals surface area contributed by atoms with Crippen molar-refractivity contribution in [1.29, 1.82) is 0 Å². The highest BCUT2D eigenvalue weighted by Crippen LogP contribution is 2.22. The lowest BCUT2D eigenvalue weighted by molar-refractivity contribution is 0.0676. The van der Waals surface area contributed by atoms with Crippen LogP contribution in [0.25, 0.3) is 0 Å². The van der Waals surface area contributed by atoms with Crippen LogP contribution < -0.4 is 15.4 Å². The summed E-state index contributed by atoms with van der Waals surface area (Å²) in [5.74, 6) is 3.67. The van der Waals surface area contributed by atoms with Crippen molar-refractivity contribution in [3.63, 3.8) is 0 Å². The summed E-state index contributed by atoms with van der Waals surface area (Å²) in [6.07, 6.45) is 4.56. The molecule has 0 bridgehead atoms. The van der Waals surface area contributed by atoms with E-state index in [9.17, 15) is 0 Å². The van der Waals surface area contributed by atoms with Crippen molar-refractivity contribution < 1.29 is 9.47 Å². The van der Waals surface area contributed by atoms with Gasteiger partial charge in [-0.05, 0) is 37.8 Å². The number of guanidine groups is 1. The Bertz CT molecular complexity index is 863. The third kappa shape index (κ3) is 5.63. The first-order chi connectivity index (χ1) is 14.2. The van der Waals surface area contributed by atoms with E-state index in [1.165, 1.54) is 5.56 Å². The fourth-order valence-corrected chi connectivity index (χ4v) is 3.80. The summed E-state index contributed by atoms with van der Waals surface area (Å²) in [7, 11) is 1.77. The highest BCUT2D eigenvalue weighted by Gasteiger charge is 2.18. The smallest absolute Gasteiger partial charge is 0.191 e.